The van der Waals surface area contributed by atoms with Gasteiger partial charge in [0.15, 0.2) is 0 Å². The Bertz CT molecular complexity index is 622. The minimum atomic E-state index is -3.46. The van der Waals surface area contributed by atoms with Crippen molar-refractivity contribution in [1.29, 1.82) is 0 Å². The lowest BCUT2D eigenvalue weighted by molar-refractivity contribution is -0.122. The number of rotatable bonds is 4. The molecule has 19 heavy (non-hydrogen) atoms. The molecule has 3 fully saturated rings. The van der Waals surface area contributed by atoms with E-state index in [4.69, 9.17) is 15.4 Å². The van der Waals surface area contributed by atoms with Gasteiger partial charge >= 0.3 is 0 Å². The summed E-state index contributed by atoms with van der Waals surface area (Å²) in [6.07, 6.45) is 2.29. The molecule has 0 N–H and O–H groups in total. The highest BCUT2D eigenvalue weighted by atomic mass is 35.7. The molecule has 3 aliphatic rings. The molecule has 1 aromatic carbocycles. The second kappa shape index (κ2) is 3.85. The zero-order chi connectivity index (χ0) is 13.9. The Balaban J connectivity index is 1.80. The van der Waals surface area contributed by atoms with E-state index in [9.17, 15) is 12.8 Å². The van der Waals surface area contributed by atoms with Gasteiger partial charge in [-0.15, -0.1) is 0 Å². The van der Waals surface area contributed by atoms with Crippen molar-refractivity contribution in [2.24, 2.45) is 5.41 Å². The molecule has 0 radical (unpaired) electrons. The van der Waals surface area contributed by atoms with E-state index in [-0.39, 0.29) is 22.4 Å². The number of hydrogen-bond donors (Lipinski definition) is 0. The van der Waals surface area contributed by atoms with Crippen LogP contribution in [0.5, 0.6) is 5.75 Å². The Morgan fingerprint density at radius 2 is 1.95 bits per heavy atom. The molecule has 104 valence electrons. The summed E-state index contributed by atoms with van der Waals surface area (Å²) in [5.41, 5.74) is 0.648. The van der Waals surface area contributed by atoms with Crippen molar-refractivity contribution in [1.82, 2.24) is 0 Å². The third kappa shape index (κ3) is 2.13. The Morgan fingerprint density at radius 3 is 2.47 bits per heavy atom. The molecule has 0 saturated heterocycles. The Labute approximate surface area is 116 Å². The molecule has 0 aromatic heterocycles. The third-order valence-corrected chi connectivity index (χ3v) is 5.62. The minimum absolute atomic E-state index is 0.0236. The third-order valence-electron chi connectivity index (χ3n) is 4.34. The van der Waals surface area contributed by atoms with Crippen LogP contribution in [-0.4, -0.2) is 21.3 Å². The van der Waals surface area contributed by atoms with E-state index in [2.05, 4.69) is 0 Å². The minimum Gasteiger partial charge on any atom is -0.497 e. The molecule has 0 atom stereocenters. The first-order chi connectivity index (χ1) is 8.76. The average molecular weight is 305 g/mol. The van der Waals surface area contributed by atoms with Gasteiger partial charge in [-0.1, -0.05) is 0 Å². The van der Waals surface area contributed by atoms with Crippen molar-refractivity contribution in [3.8, 4) is 5.75 Å². The second-order valence-corrected chi connectivity index (χ2v) is 8.65. The summed E-state index contributed by atoms with van der Waals surface area (Å²) < 4.78 is 40.8. The fourth-order valence-electron chi connectivity index (χ4n) is 3.81. The zero-order valence-corrected chi connectivity index (χ0v) is 12.0. The summed E-state index contributed by atoms with van der Waals surface area (Å²) in [5, 5.41) is 0. The van der Waals surface area contributed by atoms with Crippen LogP contribution in [0, 0.1) is 11.2 Å². The van der Waals surface area contributed by atoms with Gasteiger partial charge < -0.3 is 4.74 Å². The van der Waals surface area contributed by atoms with Crippen LogP contribution >= 0.6 is 10.7 Å². The van der Waals surface area contributed by atoms with Gasteiger partial charge in [0.1, 0.15) is 11.6 Å². The quantitative estimate of drug-likeness (QED) is 0.803. The molecule has 0 heterocycles. The van der Waals surface area contributed by atoms with E-state index < -0.39 is 9.05 Å². The number of ether oxygens (including phenoxy) is 1. The first-order valence-electron chi connectivity index (χ1n) is 6.03. The highest BCUT2D eigenvalue weighted by molar-refractivity contribution is 8.13. The van der Waals surface area contributed by atoms with Crippen LogP contribution in [0.15, 0.2) is 18.2 Å². The molecule has 4 rings (SSSR count). The summed E-state index contributed by atoms with van der Waals surface area (Å²) in [5.74, 6) is 0.201. The van der Waals surface area contributed by atoms with E-state index in [0.717, 1.165) is 24.8 Å². The number of halogens is 2. The molecule has 1 aromatic rings. The van der Waals surface area contributed by atoms with E-state index in [0.29, 0.717) is 5.75 Å². The summed E-state index contributed by atoms with van der Waals surface area (Å²) in [6.45, 7) is 0. The molecule has 3 saturated carbocycles. The van der Waals surface area contributed by atoms with Crippen LogP contribution in [0.25, 0.3) is 0 Å². The summed E-state index contributed by atoms with van der Waals surface area (Å²) in [4.78, 5) is 0. The predicted octanol–water partition coefficient (Wildman–Crippen LogP) is 2.82. The molecule has 2 bridgehead atoms. The van der Waals surface area contributed by atoms with Gasteiger partial charge in [-0.05, 0) is 47.8 Å². The monoisotopic (exact) mass is 304 g/mol. The highest BCUT2D eigenvalue weighted by Crippen LogP contribution is 2.74. The Kier molecular flexibility index (Phi) is 2.68. The maximum absolute atomic E-state index is 13.5. The fraction of sp³-hybridized carbons (Fsp3) is 0.538. The highest BCUT2D eigenvalue weighted by Gasteiger charge is 2.69. The molecule has 3 nitrogen and oxygen atoms in total. The van der Waals surface area contributed by atoms with Crippen molar-refractivity contribution in [2.75, 3.05) is 12.9 Å². The summed E-state index contributed by atoms with van der Waals surface area (Å²) >= 11 is 0. The standard InChI is InChI=1S/C13H14ClFO3S/c1-18-11-3-9(2-10(15)4-11)13-5-12(6-13,7-13)8-19(14,16)17/h2-4H,5-8H2,1H3. The number of hydrogen-bond acceptors (Lipinski definition) is 3. The van der Waals surface area contributed by atoms with E-state index in [1.807, 2.05) is 6.07 Å². The van der Waals surface area contributed by atoms with E-state index in [1.54, 1.807) is 0 Å². The largest absolute Gasteiger partial charge is 0.497 e. The fourth-order valence-corrected chi connectivity index (χ4v) is 5.54. The first kappa shape index (κ1) is 13.2. The molecule has 0 spiro atoms. The maximum Gasteiger partial charge on any atom is 0.233 e. The summed E-state index contributed by atoms with van der Waals surface area (Å²) in [7, 11) is 3.35. The van der Waals surface area contributed by atoms with Gasteiger partial charge in [0.25, 0.3) is 0 Å². The Hall–Kier alpha value is -0.810. The van der Waals surface area contributed by atoms with Gasteiger partial charge in [0.05, 0.1) is 12.9 Å². The van der Waals surface area contributed by atoms with Gasteiger partial charge in [-0.2, -0.15) is 0 Å². The lowest BCUT2D eigenvalue weighted by Crippen LogP contribution is -2.66. The normalized spacial score (nSPS) is 32.4. The molecular formula is C13H14ClFO3S. The molecular weight excluding hydrogens is 291 g/mol. The first-order valence-corrected chi connectivity index (χ1v) is 8.51. The maximum atomic E-state index is 13.5. The van der Waals surface area contributed by atoms with Crippen LogP contribution in [0.2, 0.25) is 0 Å². The zero-order valence-electron chi connectivity index (χ0n) is 10.4. The topological polar surface area (TPSA) is 43.4 Å². The van der Waals surface area contributed by atoms with Crippen molar-refractivity contribution in [2.45, 2.75) is 24.7 Å². The molecule has 0 unspecified atom stereocenters. The lowest BCUT2D eigenvalue weighted by atomic mass is 9.34. The van der Waals surface area contributed by atoms with Crippen LogP contribution in [0.3, 0.4) is 0 Å². The number of benzene rings is 1. The van der Waals surface area contributed by atoms with Gasteiger partial charge in [0, 0.05) is 16.7 Å². The van der Waals surface area contributed by atoms with Crippen molar-refractivity contribution in [3.05, 3.63) is 29.6 Å². The van der Waals surface area contributed by atoms with E-state index in [1.165, 1.54) is 19.2 Å². The Morgan fingerprint density at radius 1 is 1.32 bits per heavy atom. The smallest absolute Gasteiger partial charge is 0.233 e. The van der Waals surface area contributed by atoms with Crippen molar-refractivity contribution >= 4 is 19.7 Å². The number of methoxy groups -OCH3 is 1. The molecule has 3 aliphatic carbocycles. The van der Waals surface area contributed by atoms with Gasteiger partial charge in [-0.25, -0.2) is 12.8 Å². The second-order valence-electron chi connectivity index (χ2n) is 5.87. The predicted molar refractivity (Wildman–Crippen MR) is 70.6 cm³/mol. The lowest BCUT2D eigenvalue weighted by Gasteiger charge is -2.71. The van der Waals surface area contributed by atoms with E-state index >= 15 is 0 Å². The average Bonchev–Trinajstić information content (AvgIpc) is 2.19. The van der Waals surface area contributed by atoms with Crippen LogP contribution in [0.4, 0.5) is 4.39 Å². The SMILES string of the molecule is COc1cc(F)cc(C23CC(CS(=O)(=O)Cl)(C2)C3)c1. The van der Waals surface area contributed by atoms with Gasteiger partial charge in [-0.3, -0.25) is 0 Å². The van der Waals surface area contributed by atoms with Crippen LogP contribution in [0.1, 0.15) is 24.8 Å². The molecule has 0 aliphatic heterocycles. The summed E-state index contributed by atoms with van der Waals surface area (Å²) in [6, 6.07) is 4.69. The molecule has 6 heteroatoms. The molecule has 0 amide bonds. The van der Waals surface area contributed by atoms with Crippen molar-refractivity contribution < 1.29 is 17.5 Å². The van der Waals surface area contributed by atoms with Crippen LogP contribution < -0.4 is 4.74 Å². The van der Waals surface area contributed by atoms with Crippen molar-refractivity contribution in [3.63, 3.8) is 0 Å². The van der Waals surface area contributed by atoms with Crippen LogP contribution in [-0.2, 0) is 14.5 Å². The van der Waals surface area contributed by atoms with Gasteiger partial charge in [0.2, 0.25) is 9.05 Å².